The number of carbonyl (C=O) groups is 1. The van der Waals surface area contributed by atoms with Crippen LogP contribution in [0.1, 0.15) is 40.9 Å². The highest BCUT2D eigenvalue weighted by molar-refractivity contribution is 6.33. The summed E-state index contributed by atoms with van der Waals surface area (Å²) in [6.45, 7) is 4.08. The second kappa shape index (κ2) is 6.53. The van der Waals surface area contributed by atoms with Gasteiger partial charge in [-0.1, -0.05) is 48.4 Å². The lowest BCUT2D eigenvalue weighted by molar-refractivity contribution is 0.0935. The molecule has 1 amide bonds. The van der Waals surface area contributed by atoms with Crippen molar-refractivity contribution in [2.75, 3.05) is 0 Å². The zero-order valence-corrected chi connectivity index (χ0v) is 12.3. The molecule has 2 aromatic rings. The number of hydrogen-bond acceptors (Lipinski definition) is 2. The molecule has 0 radical (unpaired) electrons. The normalized spacial score (nSPS) is 11.9. The highest BCUT2D eigenvalue weighted by atomic mass is 35.5. The molecule has 1 N–H and O–H groups in total. The van der Waals surface area contributed by atoms with E-state index in [9.17, 15) is 4.79 Å². The van der Waals surface area contributed by atoms with Crippen LogP contribution in [0.5, 0.6) is 0 Å². The van der Waals surface area contributed by atoms with E-state index in [0.29, 0.717) is 10.6 Å². The molecule has 0 aliphatic carbocycles. The summed E-state index contributed by atoms with van der Waals surface area (Å²) in [7, 11) is 0. The third-order valence-electron chi connectivity index (χ3n) is 3.21. The maximum atomic E-state index is 12.3. The Morgan fingerprint density at radius 2 is 2.00 bits per heavy atom. The first-order chi connectivity index (χ1) is 9.61. The molecule has 3 nitrogen and oxygen atoms in total. The second-order valence-electron chi connectivity index (χ2n) is 4.70. The molecule has 0 aliphatic rings. The summed E-state index contributed by atoms with van der Waals surface area (Å²) in [5, 5.41) is 3.37. The van der Waals surface area contributed by atoms with E-state index in [2.05, 4.69) is 10.3 Å². The molecule has 1 aromatic carbocycles. The first-order valence-electron chi connectivity index (χ1n) is 6.58. The Morgan fingerprint density at radius 1 is 1.30 bits per heavy atom. The summed E-state index contributed by atoms with van der Waals surface area (Å²) in [5.41, 5.74) is 2.75. The fraction of sp³-hybridized carbons (Fsp3) is 0.250. The Balaban J connectivity index is 2.16. The minimum absolute atomic E-state index is 0.0210. The van der Waals surface area contributed by atoms with Gasteiger partial charge in [0.15, 0.2) is 0 Å². The average molecular weight is 289 g/mol. The first kappa shape index (κ1) is 14.5. The van der Waals surface area contributed by atoms with E-state index in [1.807, 2.05) is 38.1 Å². The van der Waals surface area contributed by atoms with Crippen LogP contribution < -0.4 is 5.32 Å². The molecule has 4 heteroatoms. The molecule has 0 saturated heterocycles. The van der Waals surface area contributed by atoms with Crippen LogP contribution in [-0.4, -0.2) is 10.9 Å². The minimum atomic E-state index is -0.176. The Morgan fingerprint density at radius 3 is 2.60 bits per heavy atom. The van der Waals surface area contributed by atoms with E-state index in [0.717, 1.165) is 12.0 Å². The topological polar surface area (TPSA) is 42.0 Å². The summed E-state index contributed by atoms with van der Waals surface area (Å²) < 4.78 is 0. The van der Waals surface area contributed by atoms with E-state index < -0.39 is 0 Å². The van der Waals surface area contributed by atoms with Gasteiger partial charge in [0.1, 0.15) is 0 Å². The van der Waals surface area contributed by atoms with E-state index >= 15 is 0 Å². The molecule has 20 heavy (non-hydrogen) atoms. The lowest BCUT2D eigenvalue weighted by atomic mass is 10.0. The number of hydrogen-bond donors (Lipinski definition) is 1. The van der Waals surface area contributed by atoms with E-state index in [4.69, 9.17) is 11.6 Å². The molecule has 2 rings (SSSR count). The molecule has 1 heterocycles. The molecule has 1 aromatic heterocycles. The van der Waals surface area contributed by atoms with Crippen LogP contribution in [-0.2, 0) is 0 Å². The SMILES string of the molecule is CCC(NC(=O)c1ccncc1Cl)c1ccc(C)cc1. The monoisotopic (exact) mass is 288 g/mol. The third-order valence-corrected chi connectivity index (χ3v) is 3.51. The van der Waals surface area contributed by atoms with Crippen molar-refractivity contribution in [1.29, 1.82) is 0 Å². The zero-order chi connectivity index (χ0) is 14.5. The molecule has 0 aliphatic heterocycles. The average Bonchev–Trinajstić information content (AvgIpc) is 2.46. The number of rotatable bonds is 4. The number of pyridine rings is 1. The van der Waals surface area contributed by atoms with Crippen molar-refractivity contribution in [3.63, 3.8) is 0 Å². The maximum absolute atomic E-state index is 12.3. The number of aromatic nitrogens is 1. The van der Waals surface area contributed by atoms with E-state index in [1.165, 1.54) is 11.8 Å². The van der Waals surface area contributed by atoms with Crippen molar-refractivity contribution in [1.82, 2.24) is 10.3 Å². The number of aryl methyl sites for hydroxylation is 1. The molecule has 104 valence electrons. The largest absolute Gasteiger partial charge is 0.345 e. The van der Waals surface area contributed by atoms with Crippen molar-refractivity contribution < 1.29 is 4.79 Å². The van der Waals surface area contributed by atoms with Gasteiger partial charge in [0.05, 0.1) is 16.6 Å². The predicted molar refractivity (Wildman–Crippen MR) is 80.9 cm³/mol. The summed E-state index contributed by atoms with van der Waals surface area (Å²) in [5.74, 6) is -0.176. The summed E-state index contributed by atoms with van der Waals surface area (Å²) in [4.78, 5) is 16.1. The number of nitrogens with zero attached hydrogens (tertiary/aromatic N) is 1. The van der Waals surface area contributed by atoms with Gasteiger partial charge in [0.2, 0.25) is 0 Å². The molecule has 0 spiro atoms. The molecule has 0 saturated carbocycles. The smallest absolute Gasteiger partial charge is 0.253 e. The van der Waals surface area contributed by atoms with Gasteiger partial charge in [-0.3, -0.25) is 9.78 Å². The van der Waals surface area contributed by atoms with E-state index in [1.54, 1.807) is 12.3 Å². The number of carbonyl (C=O) groups excluding carboxylic acids is 1. The van der Waals surface area contributed by atoms with Crippen LogP contribution in [0.25, 0.3) is 0 Å². The third kappa shape index (κ3) is 3.36. The van der Waals surface area contributed by atoms with Crippen molar-refractivity contribution in [3.8, 4) is 0 Å². The Hall–Kier alpha value is -1.87. The van der Waals surface area contributed by atoms with Gasteiger partial charge in [-0.15, -0.1) is 0 Å². The molecule has 0 fully saturated rings. The summed E-state index contributed by atoms with van der Waals surface area (Å²) in [6.07, 6.45) is 3.86. The molecular weight excluding hydrogens is 272 g/mol. The predicted octanol–water partition coefficient (Wildman–Crippen LogP) is 3.92. The number of halogens is 1. The Labute approximate surface area is 124 Å². The van der Waals surface area contributed by atoms with Gasteiger partial charge in [-0.05, 0) is 25.0 Å². The number of amides is 1. The first-order valence-corrected chi connectivity index (χ1v) is 6.96. The van der Waals surface area contributed by atoms with Crippen molar-refractivity contribution in [2.45, 2.75) is 26.3 Å². The standard InChI is InChI=1S/C16H17ClN2O/c1-3-15(12-6-4-11(2)5-7-12)19-16(20)13-8-9-18-10-14(13)17/h4-10,15H,3H2,1-2H3,(H,19,20). The van der Waals surface area contributed by atoms with Gasteiger partial charge in [-0.2, -0.15) is 0 Å². The van der Waals surface area contributed by atoms with Crippen LogP contribution >= 0.6 is 11.6 Å². The Kier molecular flexibility index (Phi) is 4.74. The fourth-order valence-electron chi connectivity index (χ4n) is 2.02. The van der Waals surface area contributed by atoms with Crippen LogP contribution in [0.3, 0.4) is 0 Å². The lowest BCUT2D eigenvalue weighted by Crippen LogP contribution is -2.28. The van der Waals surface area contributed by atoms with Crippen molar-refractivity contribution in [3.05, 3.63) is 64.4 Å². The van der Waals surface area contributed by atoms with Gasteiger partial charge < -0.3 is 5.32 Å². The van der Waals surface area contributed by atoms with Gasteiger partial charge in [-0.25, -0.2) is 0 Å². The quantitative estimate of drug-likeness (QED) is 0.926. The van der Waals surface area contributed by atoms with Crippen molar-refractivity contribution >= 4 is 17.5 Å². The van der Waals surface area contributed by atoms with Gasteiger partial charge in [0.25, 0.3) is 5.91 Å². The second-order valence-corrected chi connectivity index (χ2v) is 5.11. The Bertz CT molecular complexity index is 596. The summed E-state index contributed by atoms with van der Waals surface area (Å²) in [6, 6.07) is 9.77. The molecular formula is C16H17ClN2O. The zero-order valence-electron chi connectivity index (χ0n) is 11.6. The van der Waals surface area contributed by atoms with Crippen LogP contribution in [0.4, 0.5) is 0 Å². The highest BCUT2D eigenvalue weighted by Gasteiger charge is 2.16. The van der Waals surface area contributed by atoms with Crippen LogP contribution in [0, 0.1) is 6.92 Å². The van der Waals surface area contributed by atoms with Gasteiger partial charge >= 0.3 is 0 Å². The lowest BCUT2D eigenvalue weighted by Gasteiger charge is -2.18. The number of benzene rings is 1. The number of nitrogens with one attached hydrogen (secondary N) is 1. The highest BCUT2D eigenvalue weighted by Crippen LogP contribution is 2.19. The molecule has 1 unspecified atom stereocenters. The molecule has 0 bridgehead atoms. The maximum Gasteiger partial charge on any atom is 0.253 e. The van der Waals surface area contributed by atoms with E-state index in [-0.39, 0.29) is 11.9 Å². The molecule has 1 atom stereocenters. The van der Waals surface area contributed by atoms with Crippen LogP contribution in [0.2, 0.25) is 5.02 Å². The van der Waals surface area contributed by atoms with Crippen molar-refractivity contribution in [2.24, 2.45) is 0 Å². The fourth-order valence-corrected chi connectivity index (χ4v) is 2.22. The van der Waals surface area contributed by atoms with Crippen LogP contribution in [0.15, 0.2) is 42.7 Å². The summed E-state index contributed by atoms with van der Waals surface area (Å²) >= 11 is 5.99. The van der Waals surface area contributed by atoms with Gasteiger partial charge in [0, 0.05) is 12.4 Å². The minimum Gasteiger partial charge on any atom is -0.345 e.